The van der Waals surface area contributed by atoms with Gasteiger partial charge in [0.2, 0.25) is 11.2 Å². The number of hydrogen-bond acceptors (Lipinski definition) is 7. The summed E-state index contributed by atoms with van der Waals surface area (Å²) in [5.74, 6) is -4.30. The fourth-order valence-corrected chi connectivity index (χ4v) is 3.33. The molecule has 0 saturated heterocycles. The first-order valence-corrected chi connectivity index (χ1v) is 11.7. The molecule has 0 bridgehead atoms. The van der Waals surface area contributed by atoms with Crippen molar-refractivity contribution in [2.24, 2.45) is 0 Å². The molecule has 1 heterocycles. The van der Waals surface area contributed by atoms with Crippen LogP contribution in [0.2, 0.25) is 0 Å². The molecule has 10 nitrogen and oxygen atoms in total. The number of rotatable bonds is 8. The van der Waals surface area contributed by atoms with Crippen molar-refractivity contribution in [2.45, 2.75) is 39.5 Å². The van der Waals surface area contributed by atoms with Crippen LogP contribution in [0.3, 0.4) is 0 Å². The monoisotopic (exact) mass is 543 g/mol. The van der Waals surface area contributed by atoms with Crippen LogP contribution in [0, 0.1) is 11.6 Å². The lowest BCUT2D eigenvalue weighted by Gasteiger charge is -2.22. The fourth-order valence-electron chi connectivity index (χ4n) is 3.33. The van der Waals surface area contributed by atoms with Crippen molar-refractivity contribution in [3.8, 4) is 5.75 Å². The van der Waals surface area contributed by atoms with Crippen LogP contribution in [0.15, 0.2) is 59.5 Å². The minimum absolute atomic E-state index is 0.0383. The third-order valence-corrected chi connectivity index (χ3v) is 5.08. The maximum Gasteiger partial charge on any atom is 0.426 e. The molecule has 0 spiro atoms. The minimum Gasteiger partial charge on any atom is -0.482 e. The molecule has 0 fully saturated rings. The van der Waals surface area contributed by atoms with Crippen LogP contribution < -0.4 is 20.9 Å². The number of aromatic nitrogens is 1. The van der Waals surface area contributed by atoms with Crippen molar-refractivity contribution in [1.29, 1.82) is 0 Å². The van der Waals surface area contributed by atoms with E-state index in [4.69, 9.17) is 14.2 Å². The molecule has 0 saturated carbocycles. The van der Waals surface area contributed by atoms with Crippen LogP contribution in [-0.4, -0.2) is 35.4 Å². The lowest BCUT2D eigenvalue weighted by Crippen LogP contribution is -2.37. The normalized spacial score (nSPS) is 10.9. The molecule has 2 aromatic carbocycles. The average Bonchev–Trinajstić information content (AvgIpc) is 2.87. The van der Waals surface area contributed by atoms with Crippen LogP contribution >= 0.6 is 0 Å². The number of nitrogens with one attached hydrogen (secondary N) is 2. The van der Waals surface area contributed by atoms with Crippen molar-refractivity contribution in [3.63, 3.8) is 0 Å². The van der Waals surface area contributed by atoms with Crippen molar-refractivity contribution < 1.29 is 37.4 Å². The fraction of sp³-hybridized carbons (Fsp3) is 0.259. The first kappa shape index (κ1) is 28.8. The summed E-state index contributed by atoms with van der Waals surface area (Å²) < 4.78 is 43.7. The van der Waals surface area contributed by atoms with Crippen molar-refractivity contribution in [3.05, 3.63) is 99.0 Å². The SMILES string of the molecule is COC(=O)c1c(OCc2ccccc2)c(=O)c(C(=O)NCc2ccc(F)cc2F)cn1NC(=O)OC(C)(C)C. The summed E-state index contributed by atoms with van der Waals surface area (Å²) in [6.45, 7) is 4.28. The number of halogens is 2. The number of carbonyl (C=O) groups excluding carboxylic acids is 3. The highest BCUT2D eigenvalue weighted by molar-refractivity contribution is 5.97. The van der Waals surface area contributed by atoms with E-state index in [0.717, 1.165) is 30.1 Å². The predicted molar refractivity (Wildman–Crippen MR) is 136 cm³/mol. The van der Waals surface area contributed by atoms with Gasteiger partial charge >= 0.3 is 12.1 Å². The average molecular weight is 544 g/mol. The van der Waals surface area contributed by atoms with Crippen molar-refractivity contribution in [2.75, 3.05) is 12.5 Å². The molecule has 39 heavy (non-hydrogen) atoms. The summed E-state index contributed by atoms with van der Waals surface area (Å²) in [4.78, 5) is 51.7. The summed E-state index contributed by atoms with van der Waals surface area (Å²) in [5, 5.41) is 2.37. The van der Waals surface area contributed by atoms with E-state index in [1.54, 1.807) is 51.1 Å². The minimum atomic E-state index is -1.05. The Kier molecular flexibility index (Phi) is 9.02. The second kappa shape index (κ2) is 12.2. The maximum absolute atomic E-state index is 14.0. The first-order valence-electron chi connectivity index (χ1n) is 11.7. The Labute approximate surface area is 222 Å². The lowest BCUT2D eigenvalue weighted by molar-refractivity contribution is 0.0572. The van der Waals surface area contributed by atoms with Gasteiger partial charge < -0.3 is 19.5 Å². The highest BCUT2D eigenvalue weighted by Gasteiger charge is 2.28. The third kappa shape index (κ3) is 7.63. The number of methoxy groups -OCH3 is 1. The summed E-state index contributed by atoms with van der Waals surface area (Å²) in [7, 11) is 1.06. The molecule has 1 aromatic heterocycles. The molecule has 0 aliphatic carbocycles. The number of hydrogen-bond donors (Lipinski definition) is 2. The Morgan fingerprint density at radius 1 is 1.03 bits per heavy atom. The van der Waals surface area contributed by atoms with Crippen LogP contribution in [-0.2, 0) is 22.6 Å². The van der Waals surface area contributed by atoms with E-state index in [0.29, 0.717) is 11.6 Å². The molecule has 0 radical (unpaired) electrons. The largest absolute Gasteiger partial charge is 0.482 e. The molecule has 0 unspecified atom stereocenters. The van der Waals surface area contributed by atoms with Gasteiger partial charge in [-0.3, -0.25) is 9.59 Å². The molecule has 0 aliphatic heterocycles. The van der Waals surface area contributed by atoms with Gasteiger partial charge in [-0.05, 0) is 32.4 Å². The number of esters is 1. The molecular formula is C27H27F2N3O7. The summed E-state index contributed by atoms with van der Waals surface area (Å²) in [6, 6.07) is 11.5. The standard InChI is InChI=1S/C27H27F2N3O7/c1-27(2,3)39-26(36)31-32-14-19(24(34)30-13-17-10-11-18(28)12-20(17)29)22(33)23(21(32)25(35)37-4)38-15-16-8-6-5-7-9-16/h5-12,14H,13,15H2,1-4H3,(H,30,34)(H,31,36). The molecular weight excluding hydrogens is 516 g/mol. The molecule has 206 valence electrons. The lowest BCUT2D eigenvalue weighted by atomic mass is 10.1. The number of amides is 2. The summed E-state index contributed by atoms with van der Waals surface area (Å²) in [6.07, 6.45) is -0.116. The number of nitrogens with zero attached hydrogens (tertiary/aromatic N) is 1. The smallest absolute Gasteiger partial charge is 0.426 e. The van der Waals surface area contributed by atoms with Gasteiger partial charge in [0, 0.05) is 24.4 Å². The van der Waals surface area contributed by atoms with Gasteiger partial charge in [-0.15, -0.1) is 0 Å². The van der Waals surface area contributed by atoms with Crippen molar-refractivity contribution in [1.82, 2.24) is 9.99 Å². The highest BCUT2D eigenvalue weighted by atomic mass is 19.1. The number of benzene rings is 2. The van der Waals surface area contributed by atoms with E-state index >= 15 is 0 Å². The predicted octanol–water partition coefficient (Wildman–Crippen LogP) is 3.90. The topological polar surface area (TPSA) is 125 Å². The molecule has 12 heteroatoms. The van der Waals surface area contributed by atoms with E-state index in [1.807, 2.05) is 0 Å². The maximum atomic E-state index is 14.0. The zero-order chi connectivity index (χ0) is 28.7. The summed E-state index contributed by atoms with van der Waals surface area (Å²) in [5.41, 5.74) is -0.0831. The second-order valence-corrected chi connectivity index (χ2v) is 9.22. The zero-order valence-electron chi connectivity index (χ0n) is 21.7. The molecule has 2 N–H and O–H groups in total. The van der Waals surface area contributed by atoms with Gasteiger partial charge in [-0.25, -0.2) is 28.5 Å². The number of ether oxygens (including phenoxy) is 3. The quantitative estimate of drug-likeness (QED) is 0.413. The Morgan fingerprint density at radius 3 is 2.33 bits per heavy atom. The molecule has 3 aromatic rings. The number of pyridine rings is 1. The summed E-state index contributed by atoms with van der Waals surface area (Å²) >= 11 is 0. The highest BCUT2D eigenvalue weighted by Crippen LogP contribution is 2.19. The van der Waals surface area contributed by atoms with Gasteiger partial charge in [0.25, 0.3) is 5.91 Å². The Balaban J connectivity index is 2.05. The van der Waals surface area contributed by atoms with Gasteiger partial charge in [0.15, 0.2) is 5.69 Å². The molecule has 3 rings (SSSR count). The first-order chi connectivity index (χ1) is 18.4. The van der Waals surface area contributed by atoms with Crippen LogP contribution in [0.25, 0.3) is 0 Å². The Bertz CT molecular complexity index is 1430. The van der Waals surface area contributed by atoms with Gasteiger partial charge in [-0.2, -0.15) is 0 Å². The van der Waals surface area contributed by atoms with Crippen molar-refractivity contribution >= 4 is 18.0 Å². The van der Waals surface area contributed by atoms with E-state index in [-0.39, 0.29) is 18.7 Å². The molecule has 2 amide bonds. The van der Waals surface area contributed by atoms with Gasteiger partial charge in [-0.1, -0.05) is 36.4 Å². The molecule has 0 aliphatic rings. The van der Waals surface area contributed by atoms with E-state index < -0.39 is 57.6 Å². The van der Waals surface area contributed by atoms with Gasteiger partial charge in [0.05, 0.1) is 7.11 Å². The van der Waals surface area contributed by atoms with E-state index in [2.05, 4.69) is 10.7 Å². The zero-order valence-corrected chi connectivity index (χ0v) is 21.7. The third-order valence-electron chi connectivity index (χ3n) is 5.08. The van der Waals surface area contributed by atoms with Crippen LogP contribution in [0.5, 0.6) is 5.75 Å². The van der Waals surface area contributed by atoms with E-state index in [1.165, 1.54) is 0 Å². The Morgan fingerprint density at radius 2 is 1.72 bits per heavy atom. The Hall–Kier alpha value is -4.74. The second-order valence-electron chi connectivity index (χ2n) is 9.22. The van der Waals surface area contributed by atoms with Gasteiger partial charge in [0.1, 0.15) is 29.4 Å². The molecule has 0 atom stereocenters. The number of carbonyl (C=O) groups is 3. The van der Waals surface area contributed by atoms with Crippen LogP contribution in [0.1, 0.15) is 52.7 Å². The van der Waals surface area contributed by atoms with E-state index in [9.17, 15) is 28.0 Å². The van der Waals surface area contributed by atoms with Crippen LogP contribution in [0.4, 0.5) is 13.6 Å².